The van der Waals surface area contributed by atoms with Gasteiger partial charge in [-0.15, -0.1) is 0 Å². The molecule has 0 aromatic heterocycles. The van der Waals surface area contributed by atoms with E-state index in [9.17, 15) is 4.79 Å². The number of nitrogens with one attached hydrogen (secondary N) is 2. The van der Waals surface area contributed by atoms with Crippen molar-refractivity contribution in [2.24, 2.45) is 5.92 Å². The molecule has 20 heavy (non-hydrogen) atoms. The van der Waals surface area contributed by atoms with Gasteiger partial charge in [-0.3, -0.25) is 4.79 Å². The van der Waals surface area contributed by atoms with Crippen molar-refractivity contribution in [2.75, 3.05) is 45.9 Å². The van der Waals surface area contributed by atoms with Crippen LogP contribution in [0.25, 0.3) is 0 Å². The molecule has 2 fully saturated rings. The molecule has 1 amide bonds. The Balaban J connectivity index is 1.47. The number of nitrogens with zero attached hydrogens (tertiary/aromatic N) is 1. The zero-order chi connectivity index (χ0) is 14.2. The summed E-state index contributed by atoms with van der Waals surface area (Å²) in [5.41, 5.74) is 0. The SMILES string of the molecule is CC1CCN(CCCCNC(=O)C2CNCCO2)CC1. The number of amides is 1. The maximum atomic E-state index is 11.8. The molecule has 2 heterocycles. The van der Waals surface area contributed by atoms with Crippen LogP contribution < -0.4 is 10.6 Å². The Morgan fingerprint density at radius 3 is 2.85 bits per heavy atom. The van der Waals surface area contributed by atoms with Gasteiger partial charge in [-0.1, -0.05) is 6.92 Å². The van der Waals surface area contributed by atoms with Crippen LogP contribution in [-0.2, 0) is 9.53 Å². The van der Waals surface area contributed by atoms with Crippen molar-refractivity contribution in [1.82, 2.24) is 15.5 Å². The summed E-state index contributed by atoms with van der Waals surface area (Å²) < 4.78 is 5.42. The Bertz CT molecular complexity index is 285. The number of hydrogen-bond donors (Lipinski definition) is 2. The first-order valence-electron chi connectivity index (χ1n) is 8.08. The smallest absolute Gasteiger partial charge is 0.250 e. The van der Waals surface area contributed by atoms with Crippen molar-refractivity contribution in [3.63, 3.8) is 0 Å². The molecule has 5 nitrogen and oxygen atoms in total. The Labute approximate surface area is 122 Å². The van der Waals surface area contributed by atoms with E-state index in [4.69, 9.17) is 4.74 Å². The van der Waals surface area contributed by atoms with E-state index in [0.29, 0.717) is 13.2 Å². The summed E-state index contributed by atoms with van der Waals surface area (Å²) >= 11 is 0. The van der Waals surface area contributed by atoms with Crippen molar-refractivity contribution in [3.05, 3.63) is 0 Å². The first-order valence-corrected chi connectivity index (χ1v) is 8.08. The number of morpholine rings is 1. The van der Waals surface area contributed by atoms with E-state index in [2.05, 4.69) is 22.5 Å². The highest BCUT2D eigenvalue weighted by atomic mass is 16.5. The highest BCUT2D eigenvalue weighted by molar-refractivity contribution is 5.81. The minimum Gasteiger partial charge on any atom is -0.366 e. The maximum absolute atomic E-state index is 11.8. The number of carbonyl (C=O) groups is 1. The molecule has 0 radical (unpaired) electrons. The topological polar surface area (TPSA) is 53.6 Å². The zero-order valence-corrected chi connectivity index (χ0v) is 12.7. The lowest BCUT2D eigenvalue weighted by atomic mass is 9.99. The molecule has 2 aliphatic rings. The fourth-order valence-electron chi connectivity index (χ4n) is 2.81. The summed E-state index contributed by atoms with van der Waals surface area (Å²) in [5, 5.41) is 6.15. The Kier molecular flexibility index (Phi) is 6.76. The van der Waals surface area contributed by atoms with Crippen molar-refractivity contribution in [2.45, 2.75) is 38.7 Å². The van der Waals surface area contributed by atoms with Gasteiger partial charge in [0.15, 0.2) is 0 Å². The molecule has 116 valence electrons. The van der Waals surface area contributed by atoms with E-state index < -0.39 is 0 Å². The lowest BCUT2D eigenvalue weighted by molar-refractivity contribution is -0.134. The number of piperidine rings is 1. The van der Waals surface area contributed by atoms with Gasteiger partial charge in [-0.25, -0.2) is 0 Å². The summed E-state index contributed by atoms with van der Waals surface area (Å²) in [7, 11) is 0. The molecule has 2 N–H and O–H groups in total. The van der Waals surface area contributed by atoms with Gasteiger partial charge in [0.25, 0.3) is 0 Å². The molecule has 0 spiro atoms. The Hall–Kier alpha value is -0.650. The fraction of sp³-hybridized carbons (Fsp3) is 0.933. The van der Waals surface area contributed by atoms with Gasteiger partial charge in [0, 0.05) is 19.6 Å². The van der Waals surface area contributed by atoms with Gasteiger partial charge in [-0.2, -0.15) is 0 Å². The van der Waals surface area contributed by atoms with Crippen LogP contribution in [0.3, 0.4) is 0 Å². The summed E-state index contributed by atoms with van der Waals surface area (Å²) in [6, 6.07) is 0. The number of carbonyl (C=O) groups excluding carboxylic acids is 1. The highest BCUT2D eigenvalue weighted by Gasteiger charge is 2.21. The minimum absolute atomic E-state index is 0.0315. The van der Waals surface area contributed by atoms with Crippen LogP contribution >= 0.6 is 0 Å². The highest BCUT2D eigenvalue weighted by Crippen LogP contribution is 2.15. The number of likely N-dealkylation sites (tertiary alicyclic amines) is 1. The normalized spacial score (nSPS) is 25.6. The molecular weight excluding hydrogens is 254 g/mol. The van der Waals surface area contributed by atoms with Crippen LogP contribution in [0.5, 0.6) is 0 Å². The molecule has 0 aromatic rings. The van der Waals surface area contributed by atoms with E-state index in [1.54, 1.807) is 0 Å². The average Bonchev–Trinajstić information content (AvgIpc) is 2.49. The molecule has 5 heteroatoms. The second-order valence-electron chi connectivity index (χ2n) is 6.09. The summed E-state index contributed by atoms with van der Waals surface area (Å²) in [6.45, 7) is 8.88. The van der Waals surface area contributed by atoms with Crippen molar-refractivity contribution >= 4 is 5.91 Å². The number of ether oxygens (including phenoxy) is 1. The number of rotatable bonds is 6. The maximum Gasteiger partial charge on any atom is 0.250 e. The number of hydrogen-bond acceptors (Lipinski definition) is 4. The van der Waals surface area contributed by atoms with Crippen molar-refractivity contribution in [3.8, 4) is 0 Å². The van der Waals surface area contributed by atoms with E-state index in [0.717, 1.165) is 25.4 Å². The van der Waals surface area contributed by atoms with Crippen LogP contribution in [0.1, 0.15) is 32.6 Å². The van der Waals surface area contributed by atoms with Gasteiger partial charge in [0.2, 0.25) is 5.91 Å². The predicted molar refractivity (Wildman–Crippen MR) is 79.7 cm³/mol. The molecule has 2 rings (SSSR count). The van der Waals surface area contributed by atoms with Gasteiger partial charge in [0.05, 0.1) is 6.61 Å². The minimum atomic E-state index is -0.299. The standard InChI is InChI=1S/C15H29N3O2/c1-13-4-9-18(10-5-13)8-3-2-6-17-15(19)14-12-16-7-11-20-14/h13-14,16H,2-12H2,1H3,(H,17,19). The molecule has 2 aliphatic heterocycles. The van der Waals surface area contributed by atoms with Crippen molar-refractivity contribution < 1.29 is 9.53 Å². The predicted octanol–water partition coefficient (Wildman–Crippen LogP) is 0.603. The van der Waals surface area contributed by atoms with Crippen LogP contribution in [0, 0.1) is 5.92 Å². The van der Waals surface area contributed by atoms with Gasteiger partial charge in [0.1, 0.15) is 6.10 Å². The van der Waals surface area contributed by atoms with E-state index in [-0.39, 0.29) is 12.0 Å². The quantitative estimate of drug-likeness (QED) is 0.701. The summed E-state index contributed by atoms with van der Waals surface area (Å²) in [6.07, 6.45) is 4.59. The van der Waals surface area contributed by atoms with Gasteiger partial charge in [-0.05, 0) is 51.2 Å². The van der Waals surface area contributed by atoms with Crippen LogP contribution in [0.2, 0.25) is 0 Å². The third-order valence-corrected chi connectivity index (χ3v) is 4.30. The summed E-state index contributed by atoms with van der Waals surface area (Å²) in [5.74, 6) is 0.929. The second-order valence-corrected chi connectivity index (χ2v) is 6.09. The van der Waals surface area contributed by atoms with Gasteiger partial charge < -0.3 is 20.3 Å². The number of unbranched alkanes of at least 4 members (excludes halogenated alkanes) is 1. The van der Waals surface area contributed by atoms with Crippen LogP contribution in [-0.4, -0.2) is 62.8 Å². The lowest BCUT2D eigenvalue weighted by Gasteiger charge is -2.30. The fourth-order valence-corrected chi connectivity index (χ4v) is 2.81. The van der Waals surface area contributed by atoms with Gasteiger partial charge >= 0.3 is 0 Å². The third-order valence-electron chi connectivity index (χ3n) is 4.30. The first kappa shape index (κ1) is 15.7. The average molecular weight is 283 g/mol. The zero-order valence-electron chi connectivity index (χ0n) is 12.7. The largest absolute Gasteiger partial charge is 0.366 e. The molecule has 0 bridgehead atoms. The molecule has 0 aliphatic carbocycles. The second kappa shape index (κ2) is 8.60. The van der Waals surface area contributed by atoms with Crippen LogP contribution in [0.15, 0.2) is 0 Å². The van der Waals surface area contributed by atoms with Crippen LogP contribution in [0.4, 0.5) is 0 Å². The third kappa shape index (κ3) is 5.38. The van der Waals surface area contributed by atoms with E-state index in [1.165, 1.54) is 38.9 Å². The Morgan fingerprint density at radius 2 is 2.15 bits per heavy atom. The van der Waals surface area contributed by atoms with Crippen molar-refractivity contribution in [1.29, 1.82) is 0 Å². The van der Waals surface area contributed by atoms with E-state index in [1.807, 2.05) is 0 Å². The molecule has 1 unspecified atom stereocenters. The molecular formula is C15H29N3O2. The molecule has 2 saturated heterocycles. The Morgan fingerprint density at radius 1 is 1.35 bits per heavy atom. The monoisotopic (exact) mass is 283 g/mol. The molecule has 0 saturated carbocycles. The van der Waals surface area contributed by atoms with E-state index >= 15 is 0 Å². The molecule has 1 atom stereocenters. The summed E-state index contributed by atoms with van der Waals surface area (Å²) in [4.78, 5) is 14.4. The first-order chi connectivity index (χ1) is 9.75. The molecule has 0 aromatic carbocycles. The lowest BCUT2D eigenvalue weighted by Crippen LogP contribution is -2.48.